The summed E-state index contributed by atoms with van der Waals surface area (Å²) in [6.45, 7) is 7.03. The molecule has 1 saturated heterocycles. The Bertz CT molecular complexity index is 1400. The van der Waals surface area contributed by atoms with Crippen molar-refractivity contribution >= 4 is 23.8 Å². The first-order valence-corrected chi connectivity index (χ1v) is 17.3. The summed E-state index contributed by atoms with van der Waals surface area (Å²) in [5.74, 6) is -5.54. The van der Waals surface area contributed by atoms with Crippen molar-refractivity contribution < 1.29 is 51.3 Å². The van der Waals surface area contributed by atoms with Crippen molar-refractivity contribution in [2.75, 3.05) is 14.2 Å². The molecule has 2 aromatic rings. The highest BCUT2D eigenvalue weighted by atomic mass is 19.4. The Morgan fingerprint density at radius 1 is 0.940 bits per heavy atom. The molecular formula is C38H50F3NO8. The number of benzene rings is 2. The Labute approximate surface area is 292 Å². The molecule has 9 nitrogen and oxygen atoms in total. The number of halogens is 3. The van der Waals surface area contributed by atoms with Gasteiger partial charge in [0.15, 0.2) is 6.10 Å². The first kappa shape index (κ1) is 40.5. The largest absolute Gasteiger partial charge is 0.461 e. The summed E-state index contributed by atoms with van der Waals surface area (Å²) in [5, 5.41) is 0. The van der Waals surface area contributed by atoms with Crippen molar-refractivity contribution in [3.05, 3.63) is 71.8 Å². The number of likely N-dealkylation sites (N-methyl/N-ethyl adjacent to an activating group) is 1. The molecule has 276 valence electrons. The van der Waals surface area contributed by atoms with E-state index < -0.39 is 83.8 Å². The fourth-order valence-electron chi connectivity index (χ4n) is 6.20. The summed E-state index contributed by atoms with van der Waals surface area (Å²) >= 11 is 0. The van der Waals surface area contributed by atoms with Gasteiger partial charge >= 0.3 is 24.1 Å². The minimum atomic E-state index is -5.28. The maximum Gasteiger partial charge on any atom is 0.432 e. The van der Waals surface area contributed by atoms with Gasteiger partial charge in [-0.2, -0.15) is 13.2 Å². The maximum absolute atomic E-state index is 14.9. The number of hydrogen-bond donors (Lipinski definition) is 0. The first-order valence-electron chi connectivity index (χ1n) is 17.3. The Morgan fingerprint density at radius 2 is 1.54 bits per heavy atom. The summed E-state index contributed by atoms with van der Waals surface area (Å²) in [5.41, 5.74) is -3.43. The molecule has 3 rings (SSSR count). The number of nitrogens with zero attached hydrogens (tertiary/aromatic N) is 1. The van der Waals surface area contributed by atoms with Gasteiger partial charge in [0.2, 0.25) is 0 Å². The third-order valence-electron chi connectivity index (χ3n) is 9.26. The fraction of sp³-hybridized carbons (Fsp3) is 0.579. The second-order valence-electron chi connectivity index (χ2n) is 13.2. The lowest BCUT2D eigenvalue weighted by Crippen LogP contribution is -2.57. The van der Waals surface area contributed by atoms with Crippen LogP contribution >= 0.6 is 0 Å². The maximum atomic E-state index is 14.9. The minimum absolute atomic E-state index is 0.0261. The Balaban J connectivity index is 2.15. The standard InChI is InChI=1S/C38H50F3NO8/c1-7-8-9-10-17-22-30-26(4)35(45)50-33(25(2)3)34(44)42(5)29(23-27-18-13-11-14-19-27)31(24-32(43)48-30)49-36(46)37(47-6,38(39,40)41)28-20-15-12-16-21-28/h11-16,18-21,25-26,29-31,33H,7-10,17,22-24H2,1-6H3/t26-,29-,30+,31+,33-,37+/m0/s1. The van der Waals surface area contributed by atoms with E-state index in [9.17, 15) is 32.3 Å². The summed E-state index contributed by atoms with van der Waals surface area (Å²) in [7, 11) is 2.13. The van der Waals surface area contributed by atoms with Crippen LogP contribution in [0.5, 0.6) is 0 Å². The van der Waals surface area contributed by atoms with E-state index in [1.165, 1.54) is 30.1 Å². The van der Waals surface area contributed by atoms with Crippen LogP contribution in [0.2, 0.25) is 0 Å². The molecule has 0 aliphatic carbocycles. The van der Waals surface area contributed by atoms with Crippen LogP contribution in [-0.4, -0.2) is 73.4 Å². The molecule has 50 heavy (non-hydrogen) atoms. The number of carbonyl (C=O) groups is 4. The van der Waals surface area contributed by atoms with E-state index in [1.807, 2.05) is 0 Å². The monoisotopic (exact) mass is 705 g/mol. The van der Waals surface area contributed by atoms with Crippen molar-refractivity contribution in [2.45, 2.75) is 115 Å². The average molecular weight is 706 g/mol. The molecule has 1 aliphatic heterocycles. The van der Waals surface area contributed by atoms with Crippen molar-refractivity contribution in [1.82, 2.24) is 4.90 Å². The lowest BCUT2D eigenvalue weighted by Gasteiger charge is -2.39. The van der Waals surface area contributed by atoms with E-state index in [-0.39, 0.29) is 6.42 Å². The lowest BCUT2D eigenvalue weighted by atomic mass is 9.91. The highest BCUT2D eigenvalue weighted by Gasteiger charge is 2.64. The van der Waals surface area contributed by atoms with Gasteiger partial charge in [0.05, 0.1) is 18.4 Å². The molecular weight excluding hydrogens is 655 g/mol. The van der Waals surface area contributed by atoms with Crippen LogP contribution in [0.1, 0.15) is 83.8 Å². The smallest absolute Gasteiger partial charge is 0.432 e. The molecule has 0 unspecified atom stereocenters. The number of methoxy groups -OCH3 is 1. The van der Waals surface area contributed by atoms with Crippen molar-refractivity contribution in [3.63, 3.8) is 0 Å². The molecule has 0 saturated carbocycles. The van der Waals surface area contributed by atoms with E-state index in [4.69, 9.17) is 18.9 Å². The Kier molecular flexibility index (Phi) is 14.9. The van der Waals surface area contributed by atoms with E-state index in [0.29, 0.717) is 18.4 Å². The van der Waals surface area contributed by atoms with Crippen LogP contribution in [0.4, 0.5) is 13.2 Å². The average Bonchev–Trinajstić information content (AvgIpc) is 3.08. The first-order chi connectivity index (χ1) is 23.7. The predicted octanol–water partition coefficient (Wildman–Crippen LogP) is 6.95. The van der Waals surface area contributed by atoms with Gasteiger partial charge in [-0.1, -0.05) is 107 Å². The van der Waals surface area contributed by atoms with Gasteiger partial charge in [0.25, 0.3) is 11.5 Å². The fourth-order valence-corrected chi connectivity index (χ4v) is 6.20. The lowest BCUT2D eigenvalue weighted by molar-refractivity contribution is -0.279. The van der Waals surface area contributed by atoms with Crippen LogP contribution in [0.3, 0.4) is 0 Å². The molecule has 12 heteroatoms. The Morgan fingerprint density at radius 3 is 2.10 bits per heavy atom. The third-order valence-corrected chi connectivity index (χ3v) is 9.26. The molecule has 1 fully saturated rings. The zero-order valence-corrected chi connectivity index (χ0v) is 29.7. The summed E-state index contributed by atoms with van der Waals surface area (Å²) in [6.07, 6.45) is -5.08. The minimum Gasteiger partial charge on any atom is -0.461 e. The molecule has 0 N–H and O–H groups in total. The van der Waals surface area contributed by atoms with Crippen molar-refractivity contribution in [1.29, 1.82) is 0 Å². The second-order valence-corrected chi connectivity index (χ2v) is 13.2. The van der Waals surface area contributed by atoms with Crippen LogP contribution in [-0.2, 0) is 50.1 Å². The van der Waals surface area contributed by atoms with Crippen molar-refractivity contribution in [3.8, 4) is 0 Å². The second kappa shape index (κ2) is 18.3. The van der Waals surface area contributed by atoms with E-state index in [2.05, 4.69) is 6.92 Å². The highest BCUT2D eigenvalue weighted by molar-refractivity contribution is 5.86. The zero-order chi connectivity index (χ0) is 37.1. The predicted molar refractivity (Wildman–Crippen MR) is 180 cm³/mol. The molecule has 0 bridgehead atoms. The molecule has 6 atom stereocenters. The van der Waals surface area contributed by atoms with Crippen LogP contribution in [0.15, 0.2) is 60.7 Å². The van der Waals surface area contributed by atoms with Gasteiger partial charge in [-0.15, -0.1) is 0 Å². The molecule has 1 amide bonds. The van der Waals surface area contributed by atoms with Gasteiger partial charge in [0, 0.05) is 19.7 Å². The van der Waals surface area contributed by atoms with E-state index in [1.54, 1.807) is 51.1 Å². The highest BCUT2D eigenvalue weighted by Crippen LogP contribution is 2.43. The van der Waals surface area contributed by atoms with Gasteiger partial charge in [-0.25, -0.2) is 4.79 Å². The number of cyclic esters (lactones) is 2. The van der Waals surface area contributed by atoms with Crippen molar-refractivity contribution in [2.24, 2.45) is 11.8 Å². The molecule has 1 aliphatic rings. The van der Waals surface area contributed by atoms with Crippen LogP contribution in [0, 0.1) is 11.8 Å². The van der Waals surface area contributed by atoms with E-state index in [0.717, 1.165) is 44.9 Å². The number of unbranched alkanes of at least 4 members (excludes halogenated alkanes) is 4. The molecule has 0 aromatic heterocycles. The summed E-state index contributed by atoms with van der Waals surface area (Å²) < 4.78 is 67.1. The molecule has 0 spiro atoms. The number of alkyl halides is 3. The number of hydrogen-bond acceptors (Lipinski definition) is 8. The molecule has 1 heterocycles. The topological polar surface area (TPSA) is 108 Å². The van der Waals surface area contributed by atoms with E-state index >= 15 is 0 Å². The van der Waals surface area contributed by atoms with Gasteiger partial charge in [0.1, 0.15) is 12.2 Å². The van der Waals surface area contributed by atoms with Gasteiger partial charge in [-0.05, 0) is 37.7 Å². The third kappa shape index (κ3) is 9.86. The zero-order valence-electron chi connectivity index (χ0n) is 29.7. The number of rotatable bonds is 13. The summed E-state index contributed by atoms with van der Waals surface area (Å²) in [4.78, 5) is 56.4. The number of esters is 3. The SMILES string of the molecule is CCCCCCC[C@H]1OC(=O)C[C@@H](OC(=O)[C@](OC)(c2ccccc2)C(F)(F)F)[C@H](Cc2ccccc2)N(C)C(=O)[C@H](C(C)C)OC(=O)[C@H]1C. The number of amides is 1. The normalized spacial score (nSPS) is 23.7. The van der Waals surface area contributed by atoms with Gasteiger partial charge < -0.3 is 23.8 Å². The van der Waals surface area contributed by atoms with Crippen LogP contribution in [0.25, 0.3) is 0 Å². The summed E-state index contributed by atoms with van der Waals surface area (Å²) in [6, 6.07) is 13.9. The molecule has 2 aromatic carbocycles. The number of ether oxygens (including phenoxy) is 4. The quantitative estimate of drug-likeness (QED) is 0.125. The molecule has 0 radical (unpaired) electrons. The Hall–Kier alpha value is -3.93. The number of carbonyl (C=O) groups excluding carboxylic acids is 4. The van der Waals surface area contributed by atoms with Gasteiger partial charge in [-0.3, -0.25) is 14.4 Å². The van der Waals surface area contributed by atoms with Crippen LogP contribution < -0.4 is 0 Å².